The van der Waals surface area contributed by atoms with Crippen molar-refractivity contribution in [2.75, 3.05) is 20.7 Å². The molecule has 2 aromatic carbocycles. The van der Waals surface area contributed by atoms with E-state index in [4.69, 9.17) is 16.3 Å². The van der Waals surface area contributed by atoms with Crippen molar-refractivity contribution in [3.8, 4) is 11.5 Å². The second-order valence-corrected chi connectivity index (χ2v) is 7.75. The highest BCUT2D eigenvalue weighted by atomic mass is 35.5. The number of halogens is 1. The molecular weight excluding hydrogens is 334 g/mol. The van der Waals surface area contributed by atoms with Crippen molar-refractivity contribution in [3.05, 3.63) is 58.1 Å². The van der Waals surface area contributed by atoms with E-state index < -0.39 is 0 Å². The van der Waals surface area contributed by atoms with Crippen LogP contribution in [-0.2, 0) is 11.8 Å². The highest BCUT2D eigenvalue weighted by Crippen LogP contribution is 2.57. The van der Waals surface area contributed by atoms with Crippen molar-refractivity contribution in [1.29, 1.82) is 0 Å². The lowest BCUT2D eigenvalue weighted by molar-refractivity contribution is 0.0715. The molecule has 132 valence electrons. The molecule has 0 spiro atoms. The number of phenols is 1. The molecule has 0 aromatic heterocycles. The summed E-state index contributed by atoms with van der Waals surface area (Å²) in [5, 5.41) is 11.2. The zero-order chi connectivity index (χ0) is 17.6. The molecule has 2 aliphatic rings. The lowest BCUT2D eigenvalue weighted by Crippen LogP contribution is -2.50. The Labute approximate surface area is 154 Å². The standard InChI is InChI=1S/C21H24ClNO2/c1-23-11-8-14-12-19(25-2)18(24)13-15(14)20(23)21(9-5-10-21)16-6-3-4-7-17(16)22/h3-4,6-7,12-13,20,24H,5,8-11H2,1-2H3. The lowest BCUT2D eigenvalue weighted by Gasteiger charge is -2.54. The van der Waals surface area contributed by atoms with Gasteiger partial charge < -0.3 is 9.84 Å². The minimum atomic E-state index is 0.0172. The summed E-state index contributed by atoms with van der Waals surface area (Å²) in [4.78, 5) is 2.43. The number of phenolic OH excluding ortho intramolecular Hbond substituents is 1. The Morgan fingerprint density at radius 1 is 1.24 bits per heavy atom. The summed E-state index contributed by atoms with van der Waals surface area (Å²) >= 11 is 6.61. The van der Waals surface area contributed by atoms with E-state index in [0.717, 1.165) is 30.8 Å². The van der Waals surface area contributed by atoms with E-state index in [1.165, 1.54) is 23.1 Å². The number of hydrogen-bond donors (Lipinski definition) is 1. The van der Waals surface area contributed by atoms with Crippen LogP contribution in [0.5, 0.6) is 11.5 Å². The maximum Gasteiger partial charge on any atom is 0.160 e. The first-order chi connectivity index (χ1) is 12.1. The van der Waals surface area contributed by atoms with Gasteiger partial charge in [-0.25, -0.2) is 0 Å². The van der Waals surface area contributed by atoms with Gasteiger partial charge in [0.2, 0.25) is 0 Å². The van der Waals surface area contributed by atoms with E-state index in [1.54, 1.807) is 7.11 Å². The smallest absolute Gasteiger partial charge is 0.160 e. The molecule has 0 amide bonds. The average Bonchev–Trinajstić information content (AvgIpc) is 2.57. The van der Waals surface area contributed by atoms with Gasteiger partial charge in [0.25, 0.3) is 0 Å². The van der Waals surface area contributed by atoms with Gasteiger partial charge in [-0.2, -0.15) is 0 Å². The molecular formula is C21H24ClNO2. The number of likely N-dealkylation sites (N-methyl/N-ethyl adjacent to an activating group) is 1. The fourth-order valence-corrected chi connectivity index (χ4v) is 5.08. The normalized spacial score (nSPS) is 22.1. The van der Waals surface area contributed by atoms with E-state index in [2.05, 4.69) is 24.1 Å². The van der Waals surface area contributed by atoms with Crippen LogP contribution in [0.15, 0.2) is 36.4 Å². The largest absolute Gasteiger partial charge is 0.504 e. The van der Waals surface area contributed by atoms with Crippen LogP contribution >= 0.6 is 11.6 Å². The van der Waals surface area contributed by atoms with Crippen molar-refractivity contribution in [1.82, 2.24) is 4.90 Å². The molecule has 4 heteroatoms. The van der Waals surface area contributed by atoms with Crippen LogP contribution in [0.3, 0.4) is 0 Å². The minimum absolute atomic E-state index is 0.0172. The summed E-state index contributed by atoms with van der Waals surface area (Å²) < 4.78 is 5.32. The summed E-state index contributed by atoms with van der Waals surface area (Å²) in [7, 11) is 3.79. The van der Waals surface area contributed by atoms with Crippen molar-refractivity contribution in [2.45, 2.75) is 37.1 Å². The molecule has 1 aliphatic heterocycles. The number of aromatic hydroxyl groups is 1. The lowest BCUT2D eigenvalue weighted by atomic mass is 9.57. The molecule has 0 saturated heterocycles. The summed E-state index contributed by atoms with van der Waals surface area (Å²) in [6, 6.07) is 12.4. The average molecular weight is 358 g/mol. The van der Waals surface area contributed by atoms with Crippen LogP contribution in [0.25, 0.3) is 0 Å². The third kappa shape index (κ3) is 2.52. The van der Waals surface area contributed by atoms with E-state index in [-0.39, 0.29) is 17.2 Å². The summed E-state index contributed by atoms with van der Waals surface area (Å²) in [6.07, 6.45) is 4.43. The van der Waals surface area contributed by atoms with Gasteiger partial charge in [-0.05, 0) is 61.2 Å². The topological polar surface area (TPSA) is 32.7 Å². The Kier molecular flexibility index (Phi) is 4.17. The number of methoxy groups -OCH3 is 1. The predicted molar refractivity (Wildman–Crippen MR) is 101 cm³/mol. The van der Waals surface area contributed by atoms with Crippen LogP contribution < -0.4 is 4.74 Å². The van der Waals surface area contributed by atoms with Gasteiger partial charge in [0, 0.05) is 23.0 Å². The van der Waals surface area contributed by atoms with Crippen LogP contribution in [0.1, 0.15) is 42.0 Å². The molecule has 2 aromatic rings. The van der Waals surface area contributed by atoms with Gasteiger partial charge in [0.15, 0.2) is 11.5 Å². The molecule has 25 heavy (non-hydrogen) atoms. The Balaban J connectivity index is 1.87. The highest BCUT2D eigenvalue weighted by Gasteiger charge is 2.50. The third-order valence-corrected chi connectivity index (χ3v) is 6.42. The molecule has 1 unspecified atom stereocenters. The number of hydrogen-bond acceptors (Lipinski definition) is 3. The molecule has 1 fully saturated rings. The van der Waals surface area contributed by atoms with E-state index >= 15 is 0 Å². The van der Waals surface area contributed by atoms with Gasteiger partial charge in [-0.3, -0.25) is 4.90 Å². The second kappa shape index (κ2) is 6.22. The molecule has 1 atom stereocenters. The molecule has 4 rings (SSSR count). The van der Waals surface area contributed by atoms with E-state index in [1.807, 2.05) is 24.3 Å². The minimum Gasteiger partial charge on any atom is -0.504 e. The van der Waals surface area contributed by atoms with Gasteiger partial charge in [0.05, 0.1) is 7.11 Å². The van der Waals surface area contributed by atoms with Crippen molar-refractivity contribution in [3.63, 3.8) is 0 Å². The first-order valence-electron chi connectivity index (χ1n) is 8.92. The fourth-order valence-electron chi connectivity index (χ4n) is 4.76. The molecule has 0 bridgehead atoms. The molecule has 1 saturated carbocycles. The number of nitrogens with zero attached hydrogens (tertiary/aromatic N) is 1. The number of ether oxygens (including phenoxy) is 1. The Hall–Kier alpha value is -1.71. The first-order valence-corrected chi connectivity index (χ1v) is 9.29. The van der Waals surface area contributed by atoms with Crippen LogP contribution in [0, 0.1) is 0 Å². The number of fused-ring (bicyclic) bond motifs is 1. The summed E-state index contributed by atoms with van der Waals surface area (Å²) in [5.74, 6) is 0.776. The molecule has 1 N–H and O–H groups in total. The van der Waals surface area contributed by atoms with Gasteiger partial charge in [-0.15, -0.1) is 0 Å². The highest BCUT2D eigenvalue weighted by molar-refractivity contribution is 6.31. The second-order valence-electron chi connectivity index (χ2n) is 7.35. The number of rotatable bonds is 3. The van der Waals surface area contributed by atoms with Crippen LogP contribution in [-0.4, -0.2) is 30.7 Å². The maximum atomic E-state index is 10.4. The zero-order valence-electron chi connectivity index (χ0n) is 14.8. The van der Waals surface area contributed by atoms with Crippen LogP contribution in [0.2, 0.25) is 5.02 Å². The third-order valence-electron chi connectivity index (χ3n) is 6.09. The SMILES string of the molecule is COc1cc2c(cc1O)C(C1(c3ccccc3Cl)CCC1)N(C)CC2. The zero-order valence-corrected chi connectivity index (χ0v) is 15.5. The Morgan fingerprint density at radius 3 is 2.64 bits per heavy atom. The Bertz CT molecular complexity index is 800. The van der Waals surface area contributed by atoms with Gasteiger partial charge >= 0.3 is 0 Å². The number of benzene rings is 2. The summed E-state index contributed by atoms with van der Waals surface area (Å²) in [6.45, 7) is 0.998. The first kappa shape index (κ1) is 16.7. The summed E-state index contributed by atoms with van der Waals surface area (Å²) in [5.41, 5.74) is 3.74. The van der Waals surface area contributed by atoms with Crippen molar-refractivity contribution in [2.24, 2.45) is 0 Å². The Morgan fingerprint density at radius 2 is 2.00 bits per heavy atom. The van der Waals surface area contributed by atoms with Crippen LogP contribution in [0.4, 0.5) is 0 Å². The molecule has 0 radical (unpaired) electrons. The monoisotopic (exact) mass is 357 g/mol. The van der Waals surface area contributed by atoms with E-state index in [9.17, 15) is 5.11 Å². The van der Waals surface area contributed by atoms with Crippen molar-refractivity contribution >= 4 is 11.6 Å². The molecule has 1 aliphatic carbocycles. The quantitative estimate of drug-likeness (QED) is 0.863. The fraction of sp³-hybridized carbons (Fsp3) is 0.429. The molecule has 1 heterocycles. The van der Waals surface area contributed by atoms with E-state index in [0.29, 0.717) is 5.75 Å². The molecule has 3 nitrogen and oxygen atoms in total. The maximum absolute atomic E-state index is 10.4. The predicted octanol–water partition coefficient (Wildman–Crippen LogP) is 4.71. The van der Waals surface area contributed by atoms with Gasteiger partial charge in [-0.1, -0.05) is 36.2 Å². The van der Waals surface area contributed by atoms with Gasteiger partial charge in [0.1, 0.15) is 0 Å². The van der Waals surface area contributed by atoms with Crippen molar-refractivity contribution < 1.29 is 9.84 Å².